The highest BCUT2D eigenvalue weighted by molar-refractivity contribution is 6.01. The first-order valence-corrected chi connectivity index (χ1v) is 4.73. The molecule has 88 valence electrons. The molecule has 0 saturated carbocycles. The lowest BCUT2D eigenvalue weighted by atomic mass is 10.1. The molecule has 0 spiro atoms. The highest BCUT2D eigenvalue weighted by Gasteiger charge is 2.13. The maximum absolute atomic E-state index is 11.3. The van der Waals surface area contributed by atoms with Gasteiger partial charge >= 0.3 is 5.97 Å². The number of rotatable bonds is 4. The maximum atomic E-state index is 11.3. The van der Waals surface area contributed by atoms with E-state index < -0.39 is 11.9 Å². The van der Waals surface area contributed by atoms with Crippen molar-refractivity contribution in [3.8, 4) is 18.1 Å². The second-order valence-corrected chi connectivity index (χ2v) is 3.15. The fourth-order valence-electron chi connectivity index (χ4n) is 1.23. The number of nitrogens with one attached hydrogen (secondary N) is 1. The predicted octanol–water partition coefficient (Wildman–Crippen LogP) is 1.36. The molecule has 0 radical (unpaired) electrons. The summed E-state index contributed by atoms with van der Waals surface area (Å²) < 4.78 is 4.95. The number of carbonyl (C=O) groups is 2. The maximum Gasteiger partial charge on any atom is 0.337 e. The van der Waals surface area contributed by atoms with Crippen LogP contribution in [-0.2, 0) is 4.79 Å². The third-order valence-electron chi connectivity index (χ3n) is 1.99. The number of hydrogen-bond acceptors (Lipinski definition) is 3. The molecule has 0 saturated heterocycles. The molecule has 1 aromatic rings. The second-order valence-electron chi connectivity index (χ2n) is 3.15. The average molecular weight is 233 g/mol. The Labute approximate surface area is 98.4 Å². The predicted molar refractivity (Wildman–Crippen MR) is 62.0 cm³/mol. The number of carbonyl (C=O) groups excluding carboxylic acids is 1. The Kier molecular flexibility index (Phi) is 4.12. The molecule has 0 aromatic heterocycles. The number of aromatic carboxylic acids is 1. The van der Waals surface area contributed by atoms with Crippen LogP contribution >= 0.6 is 0 Å². The van der Waals surface area contributed by atoms with Crippen LogP contribution in [-0.4, -0.2) is 24.1 Å². The number of methoxy groups -OCH3 is 1. The first-order valence-electron chi connectivity index (χ1n) is 4.73. The monoisotopic (exact) mass is 233 g/mol. The van der Waals surface area contributed by atoms with Crippen LogP contribution in [0.25, 0.3) is 0 Å². The van der Waals surface area contributed by atoms with Crippen molar-refractivity contribution in [1.82, 2.24) is 0 Å². The van der Waals surface area contributed by atoms with E-state index in [-0.39, 0.29) is 17.7 Å². The van der Waals surface area contributed by atoms with Crippen molar-refractivity contribution in [2.24, 2.45) is 0 Å². The highest BCUT2D eigenvalue weighted by Crippen LogP contribution is 2.22. The van der Waals surface area contributed by atoms with E-state index in [2.05, 4.69) is 11.2 Å². The van der Waals surface area contributed by atoms with Gasteiger partial charge in [0.05, 0.1) is 24.8 Å². The Balaban J connectivity index is 3.05. The summed E-state index contributed by atoms with van der Waals surface area (Å²) in [6.45, 7) is 0. The zero-order chi connectivity index (χ0) is 12.8. The summed E-state index contributed by atoms with van der Waals surface area (Å²) in [7, 11) is 1.45. The molecule has 17 heavy (non-hydrogen) atoms. The number of amides is 1. The number of carboxylic acids is 1. The van der Waals surface area contributed by atoms with Crippen molar-refractivity contribution in [3.63, 3.8) is 0 Å². The minimum atomic E-state index is -1.14. The smallest absolute Gasteiger partial charge is 0.337 e. The van der Waals surface area contributed by atoms with Gasteiger partial charge in [0, 0.05) is 6.07 Å². The topological polar surface area (TPSA) is 75.6 Å². The van der Waals surface area contributed by atoms with E-state index in [1.807, 2.05) is 0 Å². The lowest BCUT2D eigenvalue weighted by Crippen LogP contribution is -2.13. The number of benzene rings is 1. The number of ether oxygens (including phenoxy) is 1. The minimum absolute atomic E-state index is 0.0174. The van der Waals surface area contributed by atoms with Gasteiger partial charge in [0.25, 0.3) is 0 Å². The molecule has 0 atom stereocenters. The van der Waals surface area contributed by atoms with Gasteiger partial charge in [0.15, 0.2) is 0 Å². The largest absolute Gasteiger partial charge is 0.497 e. The summed E-state index contributed by atoms with van der Waals surface area (Å²) in [4.78, 5) is 22.2. The molecular formula is C12H11NO4. The zero-order valence-electron chi connectivity index (χ0n) is 9.19. The Morgan fingerprint density at radius 1 is 1.53 bits per heavy atom. The van der Waals surface area contributed by atoms with E-state index in [1.54, 1.807) is 0 Å². The molecule has 1 rings (SSSR count). The fourth-order valence-corrected chi connectivity index (χ4v) is 1.23. The number of hydrogen-bond donors (Lipinski definition) is 2. The highest BCUT2D eigenvalue weighted by atomic mass is 16.5. The Morgan fingerprint density at radius 3 is 2.76 bits per heavy atom. The van der Waals surface area contributed by atoms with Crippen LogP contribution in [0.5, 0.6) is 5.75 Å². The Bertz CT molecular complexity index is 488. The first-order chi connectivity index (χ1) is 8.08. The standard InChI is InChI=1S/C12H11NO4/c1-3-4-11(14)13-10-7-8(17-2)5-6-9(10)12(15)16/h1,5-7H,4H2,2H3,(H,13,14)(H,15,16). The summed E-state index contributed by atoms with van der Waals surface area (Å²) in [6, 6.07) is 4.28. The van der Waals surface area contributed by atoms with Gasteiger partial charge in [0.1, 0.15) is 5.75 Å². The summed E-state index contributed by atoms with van der Waals surface area (Å²) >= 11 is 0. The van der Waals surface area contributed by atoms with Gasteiger partial charge in [-0.05, 0) is 12.1 Å². The fraction of sp³-hybridized carbons (Fsp3) is 0.167. The zero-order valence-corrected chi connectivity index (χ0v) is 9.19. The van der Waals surface area contributed by atoms with Crippen LogP contribution in [0.4, 0.5) is 5.69 Å². The van der Waals surface area contributed by atoms with Crippen molar-refractivity contribution < 1.29 is 19.4 Å². The molecular weight excluding hydrogens is 222 g/mol. The number of terminal acetylenes is 1. The van der Waals surface area contributed by atoms with E-state index in [0.29, 0.717) is 5.75 Å². The molecule has 0 aliphatic heterocycles. The second kappa shape index (κ2) is 5.56. The lowest BCUT2D eigenvalue weighted by Gasteiger charge is -2.09. The SMILES string of the molecule is C#CCC(=O)Nc1cc(OC)ccc1C(=O)O. The molecule has 1 aromatic carbocycles. The van der Waals surface area contributed by atoms with Crippen molar-refractivity contribution in [2.75, 3.05) is 12.4 Å². The molecule has 0 aliphatic carbocycles. The van der Waals surface area contributed by atoms with Crippen molar-refractivity contribution in [2.45, 2.75) is 6.42 Å². The molecule has 2 N–H and O–H groups in total. The summed E-state index contributed by atoms with van der Waals surface area (Å²) in [5, 5.41) is 11.4. The van der Waals surface area contributed by atoms with Crippen LogP contribution in [0.2, 0.25) is 0 Å². The van der Waals surface area contributed by atoms with E-state index in [1.165, 1.54) is 25.3 Å². The van der Waals surface area contributed by atoms with Gasteiger partial charge in [-0.3, -0.25) is 4.79 Å². The van der Waals surface area contributed by atoms with E-state index >= 15 is 0 Å². The molecule has 0 unspecified atom stereocenters. The molecule has 0 heterocycles. The van der Waals surface area contributed by atoms with Crippen LogP contribution in [0.15, 0.2) is 18.2 Å². The van der Waals surface area contributed by atoms with Crippen molar-refractivity contribution in [3.05, 3.63) is 23.8 Å². The van der Waals surface area contributed by atoms with Gasteiger partial charge in [-0.15, -0.1) is 6.42 Å². The van der Waals surface area contributed by atoms with Gasteiger partial charge in [-0.2, -0.15) is 0 Å². The quantitative estimate of drug-likeness (QED) is 0.770. The van der Waals surface area contributed by atoms with Crippen LogP contribution < -0.4 is 10.1 Å². The van der Waals surface area contributed by atoms with Crippen LogP contribution in [0.1, 0.15) is 16.8 Å². The molecule has 1 amide bonds. The summed E-state index contributed by atoms with van der Waals surface area (Å²) in [6.07, 6.45) is 4.87. The lowest BCUT2D eigenvalue weighted by molar-refractivity contribution is -0.115. The number of anilines is 1. The molecule has 0 bridgehead atoms. The van der Waals surface area contributed by atoms with E-state index in [0.717, 1.165) is 0 Å². The molecule has 0 aliphatic rings. The first kappa shape index (κ1) is 12.6. The minimum Gasteiger partial charge on any atom is -0.497 e. The van der Waals surface area contributed by atoms with Gasteiger partial charge in [-0.1, -0.05) is 5.92 Å². The van der Waals surface area contributed by atoms with Crippen molar-refractivity contribution >= 4 is 17.6 Å². The Hall–Kier alpha value is -2.48. The van der Waals surface area contributed by atoms with Crippen molar-refractivity contribution in [1.29, 1.82) is 0 Å². The van der Waals surface area contributed by atoms with E-state index in [9.17, 15) is 9.59 Å². The third kappa shape index (κ3) is 3.24. The van der Waals surface area contributed by atoms with Gasteiger partial charge in [0.2, 0.25) is 5.91 Å². The summed E-state index contributed by atoms with van der Waals surface area (Å²) in [5.41, 5.74) is 0.147. The molecule has 0 fully saturated rings. The van der Waals surface area contributed by atoms with Crippen LogP contribution in [0.3, 0.4) is 0 Å². The van der Waals surface area contributed by atoms with Crippen LogP contribution in [0, 0.1) is 12.3 Å². The third-order valence-corrected chi connectivity index (χ3v) is 1.99. The Morgan fingerprint density at radius 2 is 2.24 bits per heavy atom. The normalized spacial score (nSPS) is 9.18. The average Bonchev–Trinajstić information content (AvgIpc) is 2.28. The molecule has 5 nitrogen and oxygen atoms in total. The van der Waals surface area contributed by atoms with E-state index in [4.69, 9.17) is 16.3 Å². The summed E-state index contributed by atoms with van der Waals surface area (Å²) in [5.74, 6) is 1.05. The van der Waals surface area contributed by atoms with Gasteiger partial charge < -0.3 is 15.2 Å². The van der Waals surface area contributed by atoms with Gasteiger partial charge in [-0.25, -0.2) is 4.79 Å². The number of carboxylic acid groups (broad SMARTS) is 1. The molecule has 5 heteroatoms.